The second-order valence-corrected chi connectivity index (χ2v) is 7.14. The van der Waals surface area contributed by atoms with Crippen molar-refractivity contribution >= 4 is 40.1 Å². The fraction of sp³-hybridized carbons (Fsp3) is 0.250. The van der Waals surface area contributed by atoms with Crippen molar-refractivity contribution in [2.75, 3.05) is 6.54 Å². The topological polar surface area (TPSA) is 79.1 Å². The van der Waals surface area contributed by atoms with Gasteiger partial charge < -0.3 is 15.8 Å². The number of nitrogens with one attached hydrogen (secondary N) is 1. The number of hydrogen-bond acceptors (Lipinski definition) is 2. The van der Waals surface area contributed by atoms with Gasteiger partial charge in [0.2, 0.25) is 0 Å². The molecule has 0 amide bonds. The van der Waals surface area contributed by atoms with E-state index in [1.54, 1.807) is 6.07 Å². The molecule has 0 fully saturated rings. The molecule has 136 valence electrons. The van der Waals surface area contributed by atoms with Crippen molar-refractivity contribution in [3.05, 3.63) is 57.6 Å². The van der Waals surface area contributed by atoms with E-state index in [9.17, 15) is 4.79 Å². The normalized spacial score (nSPS) is 11.2. The molecule has 0 aliphatic heterocycles. The first-order valence-electron chi connectivity index (χ1n) is 8.50. The van der Waals surface area contributed by atoms with Crippen molar-refractivity contribution in [2.45, 2.75) is 25.7 Å². The Morgan fingerprint density at radius 3 is 2.62 bits per heavy atom. The van der Waals surface area contributed by atoms with Crippen molar-refractivity contribution in [1.82, 2.24) is 4.98 Å². The van der Waals surface area contributed by atoms with Crippen LogP contribution in [0, 0.1) is 0 Å². The zero-order valence-corrected chi connectivity index (χ0v) is 15.7. The lowest BCUT2D eigenvalue weighted by Gasteiger charge is -2.08. The van der Waals surface area contributed by atoms with E-state index < -0.39 is 5.97 Å². The number of halogens is 2. The average molecular weight is 391 g/mol. The van der Waals surface area contributed by atoms with Gasteiger partial charge in [-0.05, 0) is 67.3 Å². The molecule has 26 heavy (non-hydrogen) atoms. The smallest absolute Gasteiger partial charge is 0.307 e. The molecule has 0 radical (unpaired) electrons. The van der Waals surface area contributed by atoms with Gasteiger partial charge in [-0.15, -0.1) is 0 Å². The molecule has 3 rings (SSSR count). The van der Waals surface area contributed by atoms with Gasteiger partial charge in [0.15, 0.2) is 0 Å². The lowest BCUT2D eigenvalue weighted by atomic mass is 9.99. The van der Waals surface area contributed by atoms with Crippen molar-refractivity contribution in [2.24, 2.45) is 5.73 Å². The van der Waals surface area contributed by atoms with Crippen LogP contribution < -0.4 is 5.73 Å². The number of aromatic amines is 1. The van der Waals surface area contributed by atoms with Gasteiger partial charge in [0, 0.05) is 21.5 Å². The molecule has 3 aromatic rings. The summed E-state index contributed by atoms with van der Waals surface area (Å²) >= 11 is 12.5. The first-order chi connectivity index (χ1) is 12.5. The number of aliphatic carboxylic acids is 1. The predicted molar refractivity (Wildman–Crippen MR) is 107 cm³/mol. The summed E-state index contributed by atoms with van der Waals surface area (Å²) in [6.45, 7) is 0.643. The van der Waals surface area contributed by atoms with Gasteiger partial charge in [-0.2, -0.15) is 0 Å². The summed E-state index contributed by atoms with van der Waals surface area (Å²) in [5.41, 5.74) is 10.3. The van der Waals surface area contributed by atoms with Crippen molar-refractivity contribution in [3.8, 4) is 11.3 Å². The third kappa shape index (κ3) is 4.04. The van der Waals surface area contributed by atoms with Crippen LogP contribution in [0.15, 0.2) is 36.4 Å². The van der Waals surface area contributed by atoms with E-state index in [1.807, 2.05) is 30.3 Å². The SMILES string of the molecule is NCCCCc1c(-c2ccc(Cl)cc2Cl)[nH]c2ccc(CC(=O)O)cc12. The molecule has 4 nitrogen and oxygen atoms in total. The highest BCUT2D eigenvalue weighted by atomic mass is 35.5. The molecule has 1 heterocycles. The third-order valence-electron chi connectivity index (χ3n) is 4.41. The number of carboxylic acids is 1. The van der Waals surface area contributed by atoms with E-state index in [2.05, 4.69) is 4.98 Å². The summed E-state index contributed by atoms with van der Waals surface area (Å²) in [6.07, 6.45) is 2.71. The molecule has 0 spiro atoms. The lowest BCUT2D eigenvalue weighted by Crippen LogP contribution is -2.00. The molecule has 2 aromatic carbocycles. The number of benzene rings is 2. The number of aromatic nitrogens is 1. The second kappa shape index (κ2) is 8.12. The first kappa shape index (κ1) is 18.8. The van der Waals surface area contributed by atoms with Crippen LogP contribution in [0.2, 0.25) is 10.0 Å². The number of nitrogens with two attached hydrogens (primary N) is 1. The molecule has 0 aliphatic carbocycles. The number of carboxylic acid groups (broad SMARTS) is 1. The van der Waals surface area contributed by atoms with E-state index in [1.165, 1.54) is 0 Å². The van der Waals surface area contributed by atoms with E-state index in [0.717, 1.165) is 52.5 Å². The fourth-order valence-electron chi connectivity index (χ4n) is 3.21. The average Bonchev–Trinajstić information content (AvgIpc) is 2.92. The summed E-state index contributed by atoms with van der Waals surface area (Å²) in [4.78, 5) is 14.5. The largest absolute Gasteiger partial charge is 0.481 e. The molecule has 1 aromatic heterocycles. The van der Waals surface area contributed by atoms with Crippen LogP contribution in [-0.2, 0) is 17.6 Å². The van der Waals surface area contributed by atoms with Gasteiger partial charge in [0.1, 0.15) is 0 Å². The van der Waals surface area contributed by atoms with Gasteiger partial charge >= 0.3 is 5.97 Å². The minimum absolute atomic E-state index is 0.000391. The van der Waals surface area contributed by atoms with Crippen LogP contribution in [0.3, 0.4) is 0 Å². The highest BCUT2D eigenvalue weighted by Crippen LogP contribution is 2.36. The van der Waals surface area contributed by atoms with Gasteiger partial charge in [-0.25, -0.2) is 0 Å². The Morgan fingerprint density at radius 1 is 1.12 bits per heavy atom. The van der Waals surface area contributed by atoms with E-state index in [-0.39, 0.29) is 6.42 Å². The van der Waals surface area contributed by atoms with Crippen LogP contribution >= 0.6 is 23.2 Å². The fourth-order valence-corrected chi connectivity index (χ4v) is 3.71. The number of aryl methyl sites for hydroxylation is 1. The Labute approximate surface area is 161 Å². The number of hydrogen-bond donors (Lipinski definition) is 3. The van der Waals surface area contributed by atoms with Crippen molar-refractivity contribution in [3.63, 3.8) is 0 Å². The van der Waals surface area contributed by atoms with Crippen LogP contribution in [-0.4, -0.2) is 22.6 Å². The van der Waals surface area contributed by atoms with E-state index in [0.29, 0.717) is 16.6 Å². The molecule has 0 saturated carbocycles. The zero-order valence-electron chi connectivity index (χ0n) is 14.2. The van der Waals surface area contributed by atoms with E-state index >= 15 is 0 Å². The minimum atomic E-state index is -0.842. The summed E-state index contributed by atoms with van der Waals surface area (Å²) in [5, 5.41) is 11.3. The number of unbranched alkanes of at least 4 members (excludes halogenated alkanes) is 1. The second-order valence-electron chi connectivity index (χ2n) is 6.30. The van der Waals surface area contributed by atoms with Crippen molar-refractivity contribution < 1.29 is 9.90 Å². The van der Waals surface area contributed by atoms with Gasteiger partial charge in [-0.3, -0.25) is 4.79 Å². The van der Waals surface area contributed by atoms with Crippen LogP contribution in [0.1, 0.15) is 24.0 Å². The Kier molecular flexibility index (Phi) is 5.87. The molecule has 0 bridgehead atoms. The number of rotatable bonds is 7. The Hall–Kier alpha value is -2.01. The van der Waals surface area contributed by atoms with Gasteiger partial charge in [0.25, 0.3) is 0 Å². The van der Waals surface area contributed by atoms with Crippen LogP contribution in [0.5, 0.6) is 0 Å². The maximum Gasteiger partial charge on any atom is 0.307 e. The van der Waals surface area contributed by atoms with Crippen LogP contribution in [0.25, 0.3) is 22.2 Å². The molecule has 0 aliphatic rings. The molecule has 4 N–H and O–H groups in total. The van der Waals surface area contributed by atoms with Crippen LogP contribution in [0.4, 0.5) is 0 Å². The monoisotopic (exact) mass is 390 g/mol. The quantitative estimate of drug-likeness (QED) is 0.493. The molecule has 0 unspecified atom stereocenters. The maximum absolute atomic E-state index is 11.1. The highest BCUT2D eigenvalue weighted by molar-refractivity contribution is 6.36. The number of H-pyrrole nitrogens is 1. The summed E-state index contributed by atoms with van der Waals surface area (Å²) < 4.78 is 0. The summed E-state index contributed by atoms with van der Waals surface area (Å²) in [5.74, 6) is -0.842. The minimum Gasteiger partial charge on any atom is -0.481 e. The van der Waals surface area contributed by atoms with Gasteiger partial charge in [-0.1, -0.05) is 29.3 Å². The zero-order chi connectivity index (χ0) is 18.7. The lowest BCUT2D eigenvalue weighted by molar-refractivity contribution is -0.136. The highest BCUT2D eigenvalue weighted by Gasteiger charge is 2.16. The molecular weight excluding hydrogens is 371 g/mol. The van der Waals surface area contributed by atoms with Crippen molar-refractivity contribution in [1.29, 1.82) is 0 Å². The Bertz CT molecular complexity index is 950. The Morgan fingerprint density at radius 2 is 1.92 bits per heavy atom. The summed E-state index contributed by atoms with van der Waals surface area (Å²) in [7, 11) is 0. The molecule has 6 heteroatoms. The molecular formula is C20H20Cl2N2O2. The van der Waals surface area contributed by atoms with Gasteiger partial charge in [0.05, 0.1) is 17.1 Å². The molecule has 0 saturated heterocycles. The summed E-state index contributed by atoms with van der Waals surface area (Å²) in [6, 6.07) is 11.2. The number of carbonyl (C=O) groups is 1. The predicted octanol–water partition coefficient (Wildman–Crippen LogP) is 5.05. The standard InChI is InChI=1S/C20H20Cl2N2O2/c21-13-5-6-15(17(22)11-13)20-14(3-1-2-8-23)16-9-12(10-19(25)26)4-7-18(16)24-20/h4-7,9,11,24H,1-3,8,10,23H2,(H,25,26). The Balaban J connectivity index is 2.13. The maximum atomic E-state index is 11.1. The number of fused-ring (bicyclic) bond motifs is 1. The van der Waals surface area contributed by atoms with E-state index in [4.69, 9.17) is 34.0 Å². The molecule has 0 atom stereocenters. The third-order valence-corrected chi connectivity index (χ3v) is 4.96. The first-order valence-corrected chi connectivity index (χ1v) is 9.26.